The first-order chi connectivity index (χ1) is 13.1. The number of imidazole rings is 1. The van der Waals surface area contributed by atoms with Crippen LogP contribution >= 0.6 is 22.6 Å². The standard InChI is InChI=1S/C19H20IN5O2/c20-17-16-18(21)22-7-9-25(16)19(23-17)14-6-8-24(10-14)11-15(26)27-12-13-4-2-1-3-5-13/h1-5,7,9,14H,6,8,10-12H2,(H2,21,22)/t14-/m0/s1. The summed E-state index contributed by atoms with van der Waals surface area (Å²) in [6, 6.07) is 9.72. The molecule has 0 saturated carbocycles. The number of aromatic nitrogens is 3. The number of hydrogen-bond donors (Lipinski definition) is 1. The van der Waals surface area contributed by atoms with Crippen molar-refractivity contribution in [1.82, 2.24) is 19.3 Å². The number of nitrogens with two attached hydrogens (primary N) is 1. The Kier molecular flexibility index (Phi) is 5.26. The minimum Gasteiger partial charge on any atom is -0.460 e. The molecular formula is C19H20IN5O2. The normalized spacial score (nSPS) is 17.4. The van der Waals surface area contributed by atoms with Gasteiger partial charge < -0.3 is 10.5 Å². The SMILES string of the molecule is Nc1nccn2c([C@H]3CCN(CC(=O)OCc4ccccc4)C3)nc(I)c12. The molecule has 0 aliphatic carbocycles. The van der Waals surface area contributed by atoms with Crippen LogP contribution in [0.4, 0.5) is 5.82 Å². The third-order valence-electron chi connectivity index (χ3n) is 4.80. The smallest absolute Gasteiger partial charge is 0.320 e. The minimum atomic E-state index is -0.199. The highest BCUT2D eigenvalue weighted by atomic mass is 127. The van der Waals surface area contributed by atoms with E-state index in [1.807, 2.05) is 40.9 Å². The van der Waals surface area contributed by atoms with E-state index in [4.69, 9.17) is 15.5 Å². The first kappa shape index (κ1) is 18.2. The van der Waals surface area contributed by atoms with Gasteiger partial charge in [0.25, 0.3) is 0 Å². The van der Waals surface area contributed by atoms with Gasteiger partial charge >= 0.3 is 5.97 Å². The number of esters is 1. The Balaban J connectivity index is 1.38. The molecule has 1 fully saturated rings. The summed E-state index contributed by atoms with van der Waals surface area (Å²) in [6.45, 7) is 2.23. The molecule has 8 heteroatoms. The second-order valence-electron chi connectivity index (χ2n) is 6.66. The van der Waals surface area contributed by atoms with E-state index in [1.165, 1.54) is 0 Å². The fourth-order valence-electron chi connectivity index (χ4n) is 3.48. The Morgan fingerprint density at radius 2 is 2.15 bits per heavy atom. The fraction of sp³-hybridized carbons (Fsp3) is 0.316. The van der Waals surface area contributed by atoms with Crippen molar-refractivity contribution >= 4 is 39.9 Å². The third-order valence-corrected chi connectivity index (χ3v) is 5.55. The lowest BCUT2D eigenvalue weighted by Gasteiger charge is -2.15. The van der Waals surface area contributed by atoms with Crippen LogP contribution in [0.5, 0.6) is 0 Å². The van der Waals surface area contributed by atoms with E-state index in [2.05, 4.69) is 32.5 Å². The summed E-state index contributed by atoms with van der Waals surface area (Å²) in [6.07, 6.45) is 4.54. The number of nitrogen functional groups attached to an aromatic ring is 1. The Bertz CT molecular complexity index is 959. The highest BCUT2D eigenvalue weighted by Gasteiger charge is 2.29. The lowest BCUT2D eigenvalue weighted by atomic mass is 10.1. The van der Waals surface area contributed by atoms with Crippen molar-refractivity contribution < 1.29 is 9.53 Å². The van der Waals surface area contributed by atoms with Gasteiger partial charge in [0.05, 0.1) is 6.54 Å². The molecule has 1 aliphatic rings. The maximum Gasteiger partial charge on any atom is 0.320 e. The van der Waals surface area contributed by atoms with Crippen LogP contribution < -0.4 is 5.73 Å². The fourth-order valence-corrected chi connectivity index (χ4v) is 4.27. The van der Waals surface area contributed by atoms with Gasteiger partial charge in [0.2, 0.25) is 0 Å². The highest BCUT2D eigenvalue weighted by molar-refractivity contribution is 14.1. The molecule has 3 aromatic rings. The molecule has 140 valence electrons. The van der Waals surface area contributed by atoms with Gasteiger partial charge in [-0.05, 0) is 41.1 Å². The Morgan fingerprint density at radius 3 is 2.96 bits per heavy atom. The number of ether oxygens (including phenoxy) is 1. The predicted octanol–water partition coefficient (Wildman–Crippen LogP) is 2.45. The van der Waals surface area contributed by atoms with Crippen LogP contribution in [0.15, 0.2) is 42.7 Å². The number of carbonyl (C=O) groups is 1. The van der Waals surface area contributed by atoms with E-state index >= 15 is 0 Å². The van der Waals surface area contributed by atoms with Crippen molar-refractivity contribution in [2.24, 2.45) is 0 Å². The Morgan fingerprint density at radius 1 is 1.33 bits per heavy atom. The van der Waals surface area contributed by atoms with Gasteiger partial charge in [-0.3, -0.25) is 14.1 Å². The molecule has 1 atom stereocenters. The lowest BCUT2D eigenvalue weighted by molar-refractivity contribution is -0.146. The molecule has 1 saturated heterocycles. The average Bonchev–Trinajstić information content (AvgIpc) is 3.26. The highest BCUT2D eigenvalue weighted by Crippen LogP contribution is 2.30. The average molecular weight is 477 g/mol. The Labute approximate surface area is 170 Å². The van der Waals surface area contributed by atoms with Crippen molar-refractivity contribution in [1.29, 1.82) is 0 Å². The minimum absolute atomic E-state index is 0.199. The molecule has 0 unspecified atom stereocenters. The van der Waals surface area contributed by atoms with Crippen LogP contribution in [0, 0.1) is 3.70 Å². The summed E-state index contributed by atoms with van der Waals surface area (Å²) >= 11 is 2.19. The number of benzene rings is 1. The van der Waals surface area contributed by atoms with Crippen LogP contribution in [-0.2, 0) is 16.1 Å². The maximum atomic E-state index is 12.2. The molecule has 0 bridgehead atoms. The number of likely N-dealkylation sites (tertiary alicyclic amines) is 1. The van der Waals surface area contributed by atoms with Crippen molar-refractivity contribution in [3.63, 3.8) is 0 Å². The van der Waals surface area contributed by atoms with Crippen LogP contribution in [0.25, 0.3) is 5.52 Å². The van der Waals surface area contributed by atoms with E-state index in [9.17, 15) is 4.79 Å². The van der Waals surface area contributed by atoms with Gasteiger partial charge in [-0.1, -0.05) is 30.3 Å². The number of fused-ring (bicyclic) bond motifs is 1. The second-order valence-corrected chi connectivity index (χ2v) is 7.68. The number of halogens is 1. The van der Waals surface area contributed by atoms with E-state index in [-0.39, 0.29) is 11.9 Å². The molecular weight excluding hydrogens is 457 g/mol. The molecule has 27 heavy (non-hydrogen) atoms. The first-order valence-corrected chi connectivity index (χ1v) is 9.89. The molecule has 0 amide bonds. The molecule has 3 heterocycles. The molecule has 2 N–H and O–H groups in total. The third kappa shape index (κ3) is 3.91. The summed E-state index contributed by atoms with van der Waals surface area (Å²) in [4.78, 5) is 23.1. The number of hydrogen-bond acceptors (Lipinski definition) is 6. The summed E-state index contributed by atoms with van der Waals surface area (Å²) in [5.74, 6) is 1.52. The van der Waals surface area contributed by atoms with Gasteiger partial charge in [0.15, 0.2) is 5.82 Å². The monoisotopic (exact) mass is 477 g/mol. The van der Waals surface area contributed by atoms with E-state index in [1.54, 1.807) is 6.20 Å². The molecule has 1 aliphatic heterocycles. The summed E-state index contributed by atoms with van der Waals surface area (Å²) in [5.41, 5.74) is 7.85. The van der Waals surface area contributed by atoms with Crippen molar-refractivity contribution in [2.45, 2.75) is 18.9 Å². The van der Waals surface area contributed by atoms with Gasteiger partial charge in [0.1, 0.15) is 21.6 Å². The lowest BCUT2D eigenvalue weighted by Crippen LogP contribution is -2.29. The van der Waals surface area contributed by atoms with Gasteiger partial charge in [0, 0.05) is 24.9 Å². The van der Waals surface area contributed by atoms with Crippen molar-refractivity contribution in [3.05, 3.63) is 57.8 Å². The summed E-state index contributed by atoms with van der Waals surface area (Å²) < 4.78 is 8.27. The van der Waals surface area contributed by atoms with Crippen LogP contribution in [0.3, 0.4) is 0 Å². The van der Waals surface area contributed by atoms with Crippen molar-refractivity contribution in [3.8, 4) is 0 Å². The zero-order valence-corrected chi connectivity index (χ0v) is 16.9. The van der Waals surface area contributed by atoms with Crippen LogP contribution in [-0.4, -0.2) is 44.9 Å². The number of rotatable bonds is 5. The molecule has 2 aromatic heterocycles. The zero-order chi connectivity index (χ0) is 18.8. The van der Waals surface area contributed by atoms with Crippen LogP contribution in [0.2, 0.25) is 0 Å². The topological polar surface area (TPSA) is 85.8 Å². The summed E-state index contributed by atoms with van der Waals surface area (Å²) in [5, 5.41) is 0. The van der Waals surface area contributed by atoms with E-state index in [0.717, 1.165) is 40.1 Å². The largest absolute Gasteiger partial charge is 0.460 e. The number of carbonyl (C=O) groups excluding carboxylic acids is 1. The zero-order valence-electron chi connectivity index (χ0n) is 14.7. The molecule has 1 aromatic carbocycles. The van der Waals surface area contributed by atoms with E-state index < -0.39 is 0 Å². The predicted molar refractivity (Wildman–Crippen MR) is 110 cm³/mol. The molecule has 7 nitrogen and oxygen atoms in total. The number of nitrogens with zero attached hydrogens (tertiary/aromatic N) is 4. The summed E-state index contributed by atoms with van der Waals surface area (Å²) in [7, 11) is 0. The Hall–Kier alpha value is -2.20. The second kappa shape index (κ2) is 7.81. The molecule has 0 radical (unpaired) electrons. The first-order valence-electron chi connectivity index (χ1n) is 8.81. The van der Waals surface area contributed by atoms with Gasteiger partial charge in [-0.15, -0.1) is 0 Å². The van der Waals surface area contributed by atoms with Gasteiger partial charge in [-0.2, -0.15) is 0 Å². The van der Waals surface area contributed by atoms with Crippen molar-refractivity contribution in [2.75, 3.05) is 25.4 Å². The number of anilines is 1. The quantitative estimate of drug-likeness (QED) is 0.449. The molecule has 4 rings (SSSR count). The van der Waals surface area contributed by atoms with Crippen LogP contribution in [0.1, 0.15) is 23.7 Å². The molecule has 0 spiro atoms. The maximum absolute atomic E-state index is 12.2. The van der Waals surface area contributed by atoms with Gasteiger partial charge in [-0.25, -0.2) is 9.97 Å². The van der Waals surface area contributed by atoms with E-state index in [0.29, 0.717) is 19.0 Å².